The van der Waals surface area contributed by atoms with Crippen LogP contribution in [0.2, 0.25) is 0 Å². The Morgan fingerprint density at radius 1 is 1.23 bits per heavy atom. The van der Waals surface area contributed by atoms with Gasteiger partial charge >= 0.3 is 0 Å². The van der Waals surface area contributed by atoms with Crippen LogP contribution in [0.1, 0.15) is 68.9 Å². The zero-order valence-electron chi connectivity index (χ0n) is 18.8. The first-order chi connectivity index (χ1) is 14.9. The zero-order valence-corrected chi connectivity index (χ0v) is 18.8. The molecule has 5 rings (SSSR count). The molecule has 0 aromatic heterocycles. The number of allylic oxidation sites excluding steroid dienone is 1. The fourth-order valence-corrected chi connectivity index (χ4v) is 7.22. The summed E-state index contributed by atoms with van der Waals surface area (Å²) in [4.78, 5) is 28.1. The lowest BCUT2D eigenvalue weighted by Crippen LogP contribution is -2.44. The average molecular weight is 422 g/mol. The summed E-state index contributed by atoms with van der Waals surface area (Å²) in [6, 6.07) is 8.80. The predicted molar refractivity (Wildman–Crippen MR) is 121 cm³/mol. The van der Waals surface area contributed by atoms with Crippen molar-refractivity contribution in [3.05, 3.63) is 47.2 Å². The maximum atomic E-state index is 13.4. The first kappa shape index (κ1) is 20.8. The van der Waals surface area contributed by atoms with Crippen molar-refractivity contribution in [2.45, 2.75) is 64.2 Å². The minimum absolute atomic E-state index is 0.0150. The molecule has 1 aromatic rings. The van der Waals surface area contributed by atoms with Crippen LogP contribution in [-0.4, -0.2) is 35.3 Å². The Bertz CT molecular complexity index is 917. The Hall–Kier alpha value is -2.10. The largest absolute Gasteiger partial charge is 0.515 e. The van der Waals surface area contributed by atoms with Gasteiger partial charge in [-0.15, -0.1) is 0 Å². The molecule has 0 bridgehead atoms. The van der Waals surface area contributed by atoms with Crippen LogP contribution in [0.4, 0.5) is 0 Å². The minimum Gasteiger partial charge on any atom is -0.515 e. The number of nitrogens with zero attached hydrogens (tertiary/aromatic N) is 1. The molecule has 0 spiro atoms. The van der Waals surface area contributed by atoms with E-state index >= 15 is 0 Å². The van der Waals surface area contributed by atoms with Gasteiger partial charge in [0, 0.05) is 31.0 Å². The third-order valence-corrected chi connectivity index (χ3v) is 8.97. The third kappa shape index (κ3) is 3.43. The molecule has 0 radical (unpaired) electrons. The maximum absolute atomic E-state index is 13.4. The molecule has 5 atom stereocenters. The van der Waals surface area contributed by atoms with Crippen LogP contribution in [0.3, 0.4) is 0 Å². The number of rotatable bonds is 5. The van der Waals surface area contributed by atoms with Crippen molar-refractivity contribution in [1.29, 1.82) is 0 Å². The lowest BCUT2D eigenvalue weighted by atomic mass is 9.54. The molecule has 0 aliphatic heterocycles. The summed E-state index contributed by atoms with van der Waals surface area (Å²) in [5, 5.41) is 10.0. The van der Waals surface area contributed by atoms with Gasteiger partial charge in [0.05, 0.1) is 6.26 Å². The molecule has 166 valence electrons. The van der Waals surface area contributed by atoms with E-state index in [1.165, 1.54) is 24.0 Å². The van der Waals surface area contributed by atoms with Crippen LogP contribution < -0.4 is 0 Å². The van der Waals surface area contributed by atoms with E-state index in [0.717, 1.165) is 38.5 Å². The lowest BCUT2D eigenvalue weighted by Gasteiger charge is -2.49. The molecule has 31 heavy (non-hydrogen) atoms. The summed E-state index contributed by atoms with van der Waals surface area (Å²) < 4.78 is 0. The number of aliphatic hydroxyl groups is 1. The van der Waals surface area contributed by atoms with Gasteiger partial charge in [0.2, 0.25) is 5.91 Å². The van der Waals surface area contributed by atoms with Crippen molar-refractivity contribution in [3.63, 3.8) is 0 Å². The summed E-state index contributed by atoms with van der Waals surface area (Å²) in [6.07, 6.45) is 8.72. The SMILES string of the molecule is CN(CC1CC1)C(=O)CC[C@@H]1/C(=C/O)C(=O)[C@@]2(C)CCC3c4ccccc4CCC3C12. The Morgan fingerprint density at radius 3 is 2.74 bits per heavy atom. The fourth-order valence-electron chi connectivity index (χ4n) is 7.22. The van der Waals surface area contributed by atoms with Crippen LogP contribution in [0, 0.1) is 29.1 Å². The smallest absolute Gasteiger partial charge is 0.222 e. The second-order valence-electron chi connectivity index (χ2n) is 10.8. The van der Waals surface area contributed by atoms with Crippen molar-refractivity contribution in [3.8, 4) is 0 Å². The van der Waals surface area contributed by atoms with Crippen LogP contribution in [-0.2, 0) is 16.0 Å². The lowest BCUT2D eigenvalue weighted by molar-refractivity contribution is -0.130. The molecule has 1 N–H and O–H groups in total. The highest BCUT2D eigenvalue weighted by Crippen LogP contribution is 2.63. The van der Waals surface area contributed by atoms with E-state index in [0.29, 0.717) is 36.2 Å². The number of fused-ring (bicyclic) bond motifs is 5. The van der Waals surface area contributed by atoms with Gasteiger partial charge in [-0.05, 0) is 85.7 Å². The quantitative estimate of drug-likeness (QED) is 0.535. The van der Waals surface area contributed by atoms with Gasteiger partial charge in [-0.1, -0.05) is 31.2 Å². The summed E-state index contributed by atoms with van der Waals surface area (Å²) in [7, 11) is 1.90. The number of aliphatic hydroxyl groups excluding tert-OH is 1. The van der Waals surface area contributed by atoms with Crippen molar-refractivity contribution in [2.24, 2.45) is 29.1 Å². The second-order valence-corrected chi connectivity index (χ2v) is 10.8. The molecular weight excluding hydrogens is 386 g/mol. The molecule has 4 nitrogen and oxygen atoms in total. The first-order valence-electron chi connectivity index (χ1n) is 12.1. The van der Waals surface area contributed by atoms with Gasteiger partial charge in [-0.3, -0.25) is 9.59 Å². The highest BCUT2D eigenvalue weighted by molar-refractivity contribution is 6.03. The van der Waals surface area contributed by atoms with Crippen LogP contribution >= 0.6 is 0 Å². The molecule has 4 heteroatoms. The van der Waals surface area contributed by atoms with E-state index in [-0.39, 0.29) is 23.5 Å². The van der Waals surface area contributed by atoms with Gasteiger partial charge in [0.15, 0.2) is 5.78 Å². The summed E-state index contributed by atoms with van der Waals surface area (Å²) in [6.45, 7) is 2.98. The molecule has 3 fully saturated rings. The molecule has 3 saturated carbocycles. The highest BCUT2D eigenvalue weighted by atomic mass is 16.2. The van der Waals surface area contributed by atoms with Gasteiger partial charge in [-0.2, -0.15) is 0 Å². The van der Waals surface area contributed by atoms with E-state index in [2.05, 4.69) is 31.2 Å². The Kier molecular flexibility index (Phi) is 5.22. The first-order valence-corrected chi connectivity index (χ1v) is 12.1. The number of ketones is 1. The van der Waals surface area contributed by atoms with Crippen molar-refractivity contribution < 1.29 is 14.7 Å². The third-order valence-electron chi connectivity index (χ3n) is 8.97. The predicted octanol–water partition coefficient (Wildman–Crippen LogP) is 5.04. The number of hydrogen-bond donors (Lipinski definition) is 1. The number of carbonyl (C=O) groups is 2. The molecule has 3 unspecified atom stereocenters. The number of hydrogen-bond acceptors (Lipinski definition) is 3. The second kappa shape index (κ2) is 7.79. The summed E-state index contributed by atoms with van der Waals surface area (Å²) >= 11 is 0. The topological polar surface area (TPSA) is 57.6 Å². The normalized spacial score (nSPS) is 35.4. The van der Waals surface area contributed by atoms with E-state index in [9.17, 15) is 14.7 Å². The summed E-state index contributed by atoms with van der Waals surface area (Å²) in [5.41, 5.74) is 3.09. The van der Waals surface area contributed by atoms with Crippen LogP contribution in [0.25, 0.3) is 0 Å². The molecule has 0 heterocycles. The van der Waals surface area contributed by atoms with Gasteiger partial charge < -0.3 is 10.0 Å². The Balaban J connectivity index is 1.40. The molecule has 4 aliphatic rings. The summed E-state index contributed by atoms with van der Waals surface area (Å²) in [5.74, 6) is 2.11. The van der Waals surface area contributed by atoms with E-state index in [1.54, 1.807) is 0 Å². The number of aryl methyl sites for hydroxylation is 1. The molecular formula is C27H35NO3. The molecule has 0 saturated heterocycles. The highest BCUT2D eigenvalue weighted by Gasteiger charge is 2.60. The van der Waals surface area contributed by atoms with E-state index in [1.807, 2.05) is 11.9 Å². The molecule has 1 aromatic carbocycles. The Labute approximate surface area is 185 Å². The number of benzene rings is 1. The maximum Gasteiger partial charge on any atom is 0.222 e. The van der Waals surface area contributed by atoms with Crippen molar-refractivity contribution in [2.75, 3.05) is 13.6 Å². The van der Waals surface area contributed by atoms with Gasteiger partial charge in [-0.25, -0.2) is 0 Å². The molecule has 4 aliphatic carbocycles. The number of amides is 1. The fraction of sp³-hybridized carbons (Fsp3) is 0.630. The standard InChI is InChI=1S/C27H35NO3/c1-27-14-13-20-19-6-4-3-5-18(19)9-10-21(20)25(27)22(23(16-29)26(27)31)11-12-24(30)28(2)15-17-7-8-17/h3-6,16-17,20-22,25,29H,7-15H2,1-2H3/b23-16-/t20?,21?,22-,25?,27+/m1/s1. The van der Waals surface area contributed by atoms with Crippen molar-refractivity contribution in [1.82, 2.24) is 4.90 Å². The average Bonchev–Trinajstić information content (AvgIpc) is 3.56. The number of carbonyl (C=O) groups excluding carboxylic acids is 2. The number of Topliss-reactive ketones (excluding diaryl/α,β-unsaturated/α-hetero) is 1. The molecule has 1 amide bonds. The van der Waals surface area contributed by atoms with E-state index in [4.69, 9.17) is 0 Å². The van der Waals surface area contributed by atoms with Crippen LogP contribution in [0.5, 0.6) is 0 Å². The van der Waals surface area contributed by atoms with Crippen molar-refractivity contribution >= 4 is 11.7 Å². The van der Waals surface area contributed by atoms with Gasteiger partial charge in [0.1, 0.15) is 0 Å². The Morgan fingerprint density at radius 2 is 2.00 bits per heavy atom. The van der Waals surface area contributed by atoms with Crippen LogP contribution in [0.15, 0.2) is 36.1 Å². The monoisotopic (exact) mass is 421 g/mol. The zero-order chi connectivity index (χ0) is 21.8. The van der Waals surface area contributed by atoms with Gasteiger partial charge in [0.25, 0.3) is 0 Å². The van der Waals surface area contributed by atoms with E-state index < -0.39 is 5.41 Å². The minimum atomic E-state index is -0.407.